The van der Waals surface area contributed by atoms with Gasteiger partial charge in [-0.05, 0) is 29.3 Å². The number of nitrogens with one attached hydrogen (secondary N) is 1. The number of hydrogen-bond donors (Lipinski definition) is 1. The first-order chi connectivity index (χ1) is 12.2. The van der Waals surface area contributed by atoms with Gasteiger partial charge in [-0.2, -0.15) is 10.4 Å². The monoisotopic (exact) mass is 350 g/mol. The van der Waals surface area contributed by atoms with Gasteiger partial charge in [-0.3, -0.25) is 9.48 Å². The maximum Gasteiger partial charge on any atom is 0.254 e. The van der Waals surface area contributed by atoms with Gasteiger partial charge in [0.2, 0.25) is 0 Å². The van der Waals surface area contributed by atoms with Gasteiger partial charge >= 0.3 is 0 Å². The molecular formula is C19H15ClN4O. The second-order valence-electron chi connectivity index (χ2n) is 5.51. The zero-order chi connectivity index (χ0) is 17.6. The molecule has 124 valence electrons. The first-order valence-corrected chi connectivity index (χ1v) is 8.06. The number of aromatic nitrogens is 2. The lowest BCUT2D eigenvalue weighted by Crippen LogP contribution is -2.22. The fraction of sp³-hybridized carbons (Fsp3) is 0.105. The quantitative estimate of drug-likeness (QED) is 0.766. The van der Waals surface area contributed by atoms with Crippen molar-refractivity contribution in [2.75, 3.05) is 0 Å². The molecule has 6 heteroatoms. The molecule has 1 aromatic heterocycles. The lowest BCUT2D eigenvalue weighted by atomic mass is 10.1. The Morgan fingerprint density at radius 1 is 1.24 bits per heavy atom. The van der Waals surface area contributed by atoms with Crippen LogP contribution in [0.4, 0.5) is 0 Å². The van der Waals surface area contributed by atoms with Gasteiger partial charge in [-0.15, -0.1) is 0 Å². The topological polar surface area (TPSA) is 70.7 Å². The minimum absolute atomic E-state index is 0.215. The normalized spacial score (nSPS) is 10.2. The molecule has 0 bridgehead atoms. The summed E-state index contributed by atoms with van der Waals surface area (Å²) in [6.45, 7) is 0.848. The summed E-state index contributed by atoms with van der Waals surface area (Å²) in [7, 11) is 0. The van der Waals surface area contributed by atoms with Crippen LogP contribution in [0.5, 0.6) is 0 Å². The van der Waals surface area contributed by atoms with E-state index in [0.717, 1.165) is 11.1 Å². The van der Waals surface area contributed by atoms with E-state index >= 15 is 0 Å². The van der Waals surface area contributed by atoms with E-state index in [1.807, 2.05) is 30.3 Å². The van der Waals surface area contributed by atoms with Gasteiger partial charge in [-0.1, -0.05) is 41.9 Å². The van der Waals surface area contributed by atoms with Crippen LogP contribution in [-0.4, -0.2) is 15.7 Å². The lowest BCUT2D eigenvalue weighted by molar-refractivity contribution is 0.0951. The summed E-state index contributed by atoms with van der Waals surface area (Å²) in [5.41, 5.74) is 2.85. The van der Waals surface area contributed by atoms with Crippen molar-refractivity contribution in [2.45, 2.75) is 13.1 Å². The second kappa shape index (κ2) is 7.65. The Morgan fingerprint density at radius 2 is 2.08 bits per heavy atom. The molecule has 2 aromatic carbocycles. The summed E-state index contributed by atoms with van der Waals surface area (Å²) in [5.74, 6) is -0.215. The largest absolute Gasteiger partial charge is 0.348 e. The van der Waals surface area contributed by atoms with Crippen LogP contribution in [0, 0.1) is 11.3 Å². The summed E-state index contributed by atoms with van der Waals surface area (Å²) in [5, 5.41) is 16.6. The van der Waals surface area contributed by atoms with Crippen LogP contribution >= 0.6 is 11.6 Å². The van der Waals surface area contributed by atoms with Crippen LogP contribution in [0.2, 0.25) is 5.02 Å². The first-order valence-electron chi connectivity index (χ1n) is 7.69. The molecule has 25 heavy (non-hydrogen) atoms. The van der Waals surface area contributed by atoms with E-state index in [-0.39, 0.29) is 5.91 Å². The average molecular weight is 351 g/mol. The Labute approximate surface area is 150 Å². The van der Waals surface area contributed by atoms with E-state index in [0.29, 0.717) is 29.2 Å². The van der Waals surface area contributed by atoms with Crippen LogP contribution in [0.25, 0.3) is 0 Å². The zero-order valence-corrected chi connectivity index (χ0v) is 14.1. The number of halogens is 1. The van der Waals surface area contributed by atoms with Crippen molar-refractivity contribution in [3.63, 3.8) is 0 Å². The molecular weight excluding hydrogens is 336 g/mol. The summed E-state index contributed by atoms with van der Waals surface area (Å²) >= 11 is 6.14. The van der Waals surface area contributed by atoms with Crippen molar-refractivity contribution in [1.82, 2.24) is 15.1 Å². The number of nitrogens with zero attached hydrogens (tertiary/aromatic N) is 3. The Hall–Kier alpha value is -3.10. The van der Waals surface area contributed by atoms with Crippen molar-refractivity contribution < 1.29 is 4.79 Å². The van der Waals surface area contributed by atoms with Crippen LogP contribution < -0.4 is 5.32 Å². The second-order valence-corrected chi connectivity index (χ2v) is 5.92. The van der Waals surface area contributed by atoms with E-state index in [1.54, 1.807) is 29.1 Å². The number of benzene rings is 2. The highest BCUT2D eigenvalue weighted by Crippen LogP contribution is 2.16. The number of carbonyl (C=O) groups is 1. The molecule has 0 spiro atoms. The Morgan fingerprint density at radius 3 is 2.88 bits per heavy atom. The highest BCUT2D eigenvalue weighted by Gasteiger charge is 2.09. The predicted octanol–water partition coefficient (Wildman–Crippen LogP) is 3.39. The van der Waals surface area contributed by atoms with Gasteiger partial charge in [-0.25, -0.2) is 0 Å². The Kier molecular flexibility index (Phi) is 5.12. The molecule has 0 aliphatic rings. The maximum absolute atomic E-state index is 12.2. The van der Waals surface area contributed by atoms with Crippen molar-refractivity contribution >= 4 is 17.5 Å². The Balaban J connectivity index is 1.62. The number of carbonyl (C=O) groups excluding carboxylic acids is 1. The molecule has 0 radical (unpaired) electrons. The molecule has 5 nitrogen and oxygen atoms in total. The average Bonchev–Trinajstić information content (AvgIpc) is 3.10. The zero-order valence-electron chi connectivity index (χ0n) is 13.3. The highest BCUT2D eigenvalue weighted by atomic mass is 35.5. The fourth-order valence-corrected chi connectivity index (χ4v) is 2.60. The standard InChI is InChI=1S/C19H15ClN4O/c20-18-7-2-1-6-16(18)12-24-13-17(11-23-24)19(25)22-10-15-5-3-4-14(8-15)9-21/h1-8,11,13H,10,12H2,(H,22,25). The number of hydrogen-bond acceptors (Lipinski definition) is 3. The molecule has 0 aliphatic carbocycles. The van der Waals surface area contributed by atoms with Gasteiger partial charge in [0.15, 0.2) is 0 Å². The van der Waals surface area contributed by atoms with Crippen molar-refractivity contribution in [3.05, 3.63) is 88.2 Å². The van der Waals surface area contributed by atoms with E-state index in [4.69, 9.17) is 16.9 Å². The number of nitriles is 1. The SMILES string of the molecule is N#Cc1cccc(CNC(=O)c2cnn(Cc3ccccc3Cl)c2)c1. The summed E-state index contributed by atoms with van der Waals surface area (Å²) < 4.78 is 1.67. The summed E-state index contributed by atoms with van der Waals surface area (Å²) in [6, 6.07) is 16.7. The smallest absolute Gasteiger partial charge is 0.254 e. The lowest BCUT2D eigenvalue weighted by Gasteiger charge is -2.05. The predicted molar refractivity (Wildman–Crippen MR) is 95.1 cm³/mol. The Bertz CT molecular complexity index is 942. The highest BCUT2D eigenvalue weighted by molar-refractivity contribution is 6.31. The van der Waals surface area contributed by atoms with Gasteiger partial charge in [0.05, 0.1) is 29.9 Å². The molecule has 0 saturated carbocycles. The van der Waals surface area contributed by atoms with Gasteiger partial charge in [0.25, 0.3) is 5.91 Å². The minimum Gasteiger partial charge on any atom is -0.348 e. The first kappa shape index (κ1) is 16.7. The maximum atomic E-state index is 12.2. The third kappa shape index (κ3) is 4.25. The van der Waals surface area contributed by atoms with E-state index < -0.39 is 0 Å². The molecule has 3 rings (SSSR count). The third-order valence-corrected chi connectivity index (χ3v) is 4.06. The van der Waals surface area contributed by atoms with E-state index in [2.05, 4.69) is 16.5 Å². The van der Waals surface area contributed by atoms with Crippen LogP contribution in [-0.2, 0) is 13.1 Å². The number of rotatable bonds is 5. The molecule has 1 amide bonds. The molecule has 1 N–H and O–H groups in total. The van der Waals surface area contributed by atoms with Crippen molar-refractivity contribution in [1.29, 1.82) is 5.26 Å². The fourth-order valence-electron chi connectivity index (χ4n) is 2.40. The summed E-state index contributed by atoms with van der Waals surface area (Å²) in [4.78, 5) is 12.2. The van der Waals surface area contributed by atoms with Crippen molar-refractivity contribution in [3.8, 4) is 6.07 Å². The van der Waals surface area contributed by atoms with Gasteiger partial charge in [0, 0.05) is 17.8 Å². The van der Waals surface area contributed by atoms with Gasteiger partial charge < -0.3 is 5.32 Å². The van der Waals surface area contributed by atoms with Crippen LogP contribution in [0.15, 0.2) is 60.9 Å². The van der Waals surface area contributed by atoms with Crippen molar-refractivity contribution in [2.24, 2.45) is 0 Å². The molecule has 0 saturated heterocycles. The summed E-state index contributed by atoms with van der Waals surface area (Å²) in [6.07, 6.45) is 3.21. The molecule has 0 atom stereocenters. The van der Waals surface area contributed by atoms with E-state index in [9.17, 15) is 4.79 Å². The number of amides is 1. The van der Waals surface area contributed by atoms with E-state index in [1.165, 1.54) is 6.20 Å². The molecule has 1 heterocycles. The molecule has 0 fully saturated rings. The minimum atomic E-state index is -0.215. The molecule has 3 aromatic rings. The van der Waals surface area contributed by atoms with Gasteiger partial charge in [0.1, 0.15) is 0 Å². The van der Waals surface area contributed by atoms with Crippen LogP contribution in [0.3, 0.4) is 0 Å². The third-order valence-electron chi connectivity index (χ3n) is 3.69. The van der Waals surface area contributed by atoms with Crippen LogP contribution in [0.1, 0.15) is 27.0 Å². The molecule has 0 aliphatic heterocycles. The molecule has 0 unspecified atom stereocenters.